The Balaban J connectivity index is 1.50. The number of hydrogen-bond acceptors (Lipinski definition) is 4. The lowest BCUT2D eigenvalue weighted by molar-refractivity contribution is 0.112. The minimum atomic E-state index is -0.263. The summed E-state index contributed by atoms with van der Waals surface area (Å²) in [5.41, 5.74) is 1.03. The van der Waals surface area contributed by atoms with Crippen molar-refractivity contribution >= 4 is 11.8 Å². The molecular weight excluding hydrogens is 299 g/mol. The maximum atomic E-state index is 13.8. The molecule has 0 radical (unpaired) electrons. The second-order valence-electron chi connectivity index (χ2n) is 6.12. The second-order valence-corrected chi connectivity index (χ2v) is 7.35. The average molecular weight is 324 g/mol. The fourth-order valence-corrected chi connectivity index (χ4v) is 4.38. The van der Waals surface area contributed by atoms with Gasteiger partial charge in [0.1, 0.15) is 0 Å². The van der Waals surface area contributed by atoms with Gasteiger partial charge in [-0.15, -0.1) is 0 Å². The first-order chi connectivity index (χ1) is 10.8. The summed E-state index contributed by atoms with van der Waals surface area (Å²) < 4.78 is 18.7. The molecule has 0 spiro atoms. The summed E-state index contributed by atoms with van der Waals surface area (Å²) >= 11 is 2.07. The molecule has 2 fully saturated rings. The summed E-state index contributed by atoms with van der Waals surface area (Å²) in [6, 6.07) is 6.05. The molecule has 2 aliphatic heterocycles. The van der Waals surface area contributed by atoms with Gasteiger partial charge in [-0.05, 0) is 43.6 Å². The van der Waals surface area contributed by atoms with Crippen LogP contribution in [-0.4, -0.2) is 60.6 Å². The number of ether oxygens (including phenoxy) is 1. The summed E-state index contributed by atoms with van der Waals surface area (Å²) in [7, 11) is 1.50. The number of hydrogen-bond donors (Lipinski definition) is 0. The zero-order chi connectivity index (χ0) is 15.4. The fourth-order valence-electron chi connectivity index (χ4n) is 3.45. The molecule has 2 heterocycles. The van der Waals surface area contributed by atoms with Crippen LogP contribution in [0.2, 0.25) is 0 Å². The van der Waals surface area contributed by atoms with E-state index in [0.717, 1.165) is 31.2 Å². The van der Waals surface area contributed by atoms with E-state index >= 15 is 0 Å². The molecule has 0 saturated carbocycles. The Kier molecular flexibility index (Phi) is 5.61. The Morgan fingerprint density at radius 2 is 1.91 bits per heavy atom. The minimum absolute atomic E-state index is 0.263. The zero-order valence-corrected chi connectivity index (χ0v) is 14.1. The van der Waals surface area contributed by atoms with Crippen molar-refractivity contribution in [2.45, 2.75) is 25.4 Å². The van der Waals surface area contributed by atoms with Gasteiger partial charge < -0.3 is 4.74 Å². The maximum absolute atomic E-state index is 13.8. The molecule has 0 amide bonds. The van der Waals surface area contributed by atoms with Crippen LogP contribution in [0, 0.1) is 5.82 Å². The molecule has 0 bridgehead atoms. The normalized spacial score (nSPS) is 21.9. The summed E-state index contributed by atoms with van der Waals surface area (Å²) in [6.45, 7) is 5.56. The van der Waals surface area contributed by atoms with Crippen molar-refractivity contribution in [2.75, 3.05) is 44.8 Å². The molecule has 5 heteroatoms. The number of piperidine rings is 1. The molecule has 0 N–H and O–H groups in total. The standard InChI is InChI=1S/C17H25FN2OS/c1-21-17-3-2-14(12-16(17)18)13-19-6-4-15(5-7-19)20-8-10-22-11-9-20/h2-3,12,15H,4-11,13H2,1H3. The number of rotatable bonds is 4. The molecule has 3 nitrogen and oxygen atoms in total. The number of nitrogens with zero attached hydrogens (tertiary/aromatic N) is 2. The molecule has 1 aromatic carbocycles. The quantitative estimate of drug-likeness (QED) is 0.846. The van der Waals surface area contributed by atoms with E-state index in [4.69, 9.17) is 4.74 Å². The molecule has 2 saturated heterocycles. The number of methoxy groups -OCH3 is 1. The Morgan fingerprint density at radius 3 is 2.55 bits per heavy atom. The lowest BCUT2D eigenvalue weighted by Gasteiger charge is -2.40. The van der Waals surface area contributed by atoms with Gasteiger partial charge in [0.05, 0.1) is 7.11 Å². The molecule has 0 unspecified atom stereocenters. The van der Waals surface area contributed by atoms with E-state index in [-0.39, 0.29) is 5.82 Å². The third-order valence-corrected chi connectivity index (χ3v) is 5.68. The largest absolute Gasteiger partial charge is 0.494 e. The average Bonchev–Trinajstić information content (AvgIpc) is 2.57. The van der Waals surface area contributed by atoms with Gasteiger partial charge in [-0.25, -0.2) is 4.39 Å². The highest BCUT2D eigenvalue weighted by Crippen LogP contribution is 2.23. The predicted octanol–water partition coefficient (Wildman–Crippen LogP) is 2.85. The number of halogens is 1. The second kappa shape index (κ2) is 7.66. The van der Waals surface area contributed by atoms with Crippen LogP contribution in [0.5, 0.6) is 5.75 Å². The van der Waals surface area contributed by atoms with Crippen molar-refractivity contribution in [3.63, 3.8) is 0 Å². The van der Waals surface area contributed by atoms with Crippen LogP contribution in [-0.2, 0) is 6.54 Å². The van der Waals surface area contributed by atoms with Gasteiger partial charge in [0, 0.05) is 37.2 Å². The van der Waals surface area contributed by atoms with Gasteiger partial charge in [0.15, 0.2) is 11.6 Å². The highest BCUT2D eigenvalue weighted by molar-refractivity contribution is 7.99. The van der Waals surface area contributed by atoms with Crippen LogP contribution >= 0.6 is 11.8 Å². The van der Waals surface area contributed by atoms with Crippen molar-refractivity contribution in [1.82, 2.24) is 9.80 Å². The maximum Gasteiger partial charge on any atom is 0.165 e. The van der Waals surface area contributed by atoms with Crippen LogP contribution in [0.15, 0.2) is 18.2 Å². The van der Waals surface area contributed by atoms with E-state index in [2.05, 4.69) is 21.6 Å². The van der Waals surface area contributed by atoms with Gasteiger partial charge in [-0.1, -0.05) is 6.07 Å². The molecule has 2 aliphatic rings. The lowest BCUT2D eigenvalue weighted by atomic mass is 10.0. The molecule has 0 atom stereocenters. The highest BCUT2D eigenvalue weighted by Gasteiger charge is 2.25. The van der Waals surface area contributed by atoms with E-state index in [1.807, 2.05) is 6.07 Å². The third kappa shape index (κ3) is 3.94. The fraction of sp³-hybridized carbons (Fsp3) is 0.647. The smallest absolute Gasteiger partial charge is 0.165 e. The summed E-state index contributed by atoms with van der Waals surface area (Å²) in [6.07, 6.45) is 2.48. The van der Waals surface area contributed by atoms with Crippen LogP contribution < -0.4 is 4.74 Å². The number of benzene rings is 1. The SMILES string of the molecule is COc1ccc(CN2CCC(N3CCSCC3)CC2)cc1F. The van der Waals surface area contributed by atoms with Gasteiger partial charge >= 0.3 is 0 Å². The first kappa shape index (κ1) is 16.1. The first-order valence-corrected chi connectivity index (χ1v) is 9.28. The van der Waals surface area contributed by atoms with Crippen molar-refractivity contribution in [3.8, 4) is 5.75 Å². The van der Waals surface area contributed by atoms with Gasteiger partial charge in [-0.3, -0.25) is 9.80 Å². The van der Waals surface area contributed by atoms with Crippen molar-refractivity contribution in [2.24, 2.45) is 0 Å². The van der Waals surface area contributed by atoms with E-state index in [0.29, 0.717) is 5.75 Å². The topological polar surface area (TPSA) is 15.7 Å². The summed E-state index contributed by atoms with van der Waals surface area (Å²) in [5.74, 6) is 2.63. The van der Waals surface area contributed by atoms with Crippen molar-refractivity contribution in [1.29, 1.82) is 0 Å². The van der Waals surface area contributed by atoms with Crippen LogP contribution in [0.1, 0.15) is 18.4 Å². The first-order valence-electron chi connectivity index (χ1n) is 8.13. The van der Waals surface area contributed by atoms with E-state index < -0.39 is 0 Å². The zero-order valence-electron chi connectivity index (χ0n) is 13.3. The molecule has 1 aromatic rings. The molecular formula is C17H25FN2OS. The predicted molar refractivity (Wildman–Crippen MR) is 90.1 cm³/mol. The minimum Gasteiger partial charge on any atom is -0.494 e. The monoisotopic (exact) mass is 324 g/mol. The molecule has 3 rings (SSSR count). The van der Waals surface area contributed by atoms with Gasteiger partial charge in [0.25, 0.3) is 0 Å². The Labute approximate surface area is 136 Å². The summed E-state index contributed by atoms with van der Waals surface area (Å²) in [5, 5.41) is 0. The van der Waals surface area contributed by atoms with Crippen LogP contribution in [0.4, 0.5) is 4.39 Å². The van der Waals surface area contributed by atoms with E-state index in [1.54, 1.807) is 12.1 Å². The number of likely N-dealkylation sites (tertiary alicyclic amines) is 1. The molecule has 0 aromatic heterocycles. The van der Waals surface area contributed by atoms with Gasteiger partial charge in [0.2, 0.25) is 0 Å². The third-order valence-electron chi connectivity index (χ3n) is 4.74. The number of thioether (sulfide) groups is 1. The van der Waals surface area contributed by atoms with Crippen molar-refractivity contribution in [3.05, 3.63) is 29.6 Å². The van der Waals surface area contributed by atoms with Gasteiger partial charge in [-0.2, -0.15) is 11.8 Å². The molecule has 0 aliphatic carbocycles. The van der Waals surface area contributed by atoms with Crippen LogP contribution in [0.3, 0.4) is 0 Å². The Morgan fingerprint density at radius 1 is 1.18 bits per heavy atom. The Hall–Kier alpha value is -0.780. The van der Waals surface area contributed by atoms with E-state index in [1.165, 1.54) is 44.5 Å². The molecule has 22 heavy (non-hydrogen) atoms. The lowest BCUT2D eigenvalue weighted by Crippen LogP contribution is -2.47. The highest BCUT2D eigenvalue weighted by atomic mass is 32.2. The summed E-state index contributed by atoms with van der Waals surface area (Å²) in [4.78, 5) is 5.11. The Bertz CT molecular complexity index is 486. The molecule has 122 valence electrons. The van der Waals surface area contributed by atoms with Crippen LogP contribution in [0.25, 0.3) is 0 Å². The van der Waals surface area contributed by atoms with E-state index in [9.17, 15) is 4.39 Å². The van der Waals surface area contributed by atoms with Crippen molar-refractivity contribution < 1.29 is 9.13 Å².